The minimum absolute atomic E-state index is 0.0308. The molecule has 0 heterocycles. The molecule has 2 rings (SSSR count). The molecule has 0 saturated heterocycles. The zero-order valence-electron chi connectivity index (χ0n) is 10.4. The van der Waals surface area contributed by atoms with Gasteiger partial charge < -0.3 is 9.84 Å². The van der Waals surface area contributed by atoms with Crippen molar-refractivity contribution < 1.29 is 23.4 Å². The third-order valence-electron chi connectivity index (χ3n) is 2.62. The van der Waals surface area contributed by atoms with Gasteiger partial charge in [-0.1, -0.05) is 23.2 Å². The minimum atomic E-state index is -1.30. The van der Waals surface area contributed by atoms with Gasteiger partial charge in [0.05, 0.1) is 5.02 Å². The molecule has 3 nitrogen and oxygen atoms in total. The van der Waals surface area contributed by atoms with E-state index in [4.69, 9.17) is 33.0 Å². The highest BCUT2D eigenvalue weighted by Crippen LogP contribution is 2.33. The van der Waals surface area contributed by atoms with E-state index in [0.29, 0.717) is 0 Å². The number of ether oxygens (including phenoxy) is 1. The van der Waals surface area contributed by atoms with E-state index in [0.717, 1.165) is 24.3 Å². The van der Waals surface area contributed by atoms with Crippen LogP contribution in [0.4, 0.5) is 8.78 Å². The Morgan fingerprint density at radius 3 is 2.57 bits per heavy atom. The van der Waals surface area contributed by atoms with Crippen molar-refractivity contribution >= 4 is 29.2 Å². The van der Waals surface area contributed by atoms with Crippen molar-refractivity contribution in [3.8, 4) is 5.75 Å². The van der Waals surface area contributed by atoms with E-state index in [9.17, 15) is 13.6 Å². The zero-order chi connectivity index (χ0) is 15.6. The monoisotopic (exact) mass is 332 g/mol. The van der Waals surface area contributed by atoms with Gasteiger partial charge in [-0.05, 0) is 30.3 Å². The summed E-state index contributed by atoms with van der Waals surface area (Å²) >= 11 is 11.6. The maximum absolute atomic E-state index is 13.5. The summed E-state index contributed by atoms with van der Waals surface area (Å²) in [6.07, 6.45) is 0. The minimum Gasteiger partial charge on any atom is -0.486 e. The Balaban J connectivity index is 2.32. The zero-order valence-corrected chi connectivity index (χ0v) is 11.9. The number of aromatic carboxylic acids is 1. The van der Waals surface area contributed by atoms with Gasteiger partial charge in [0, 0.05) is 10.6 Å². The molecule has 21 heavy (non-hydrogen) atoms. The summed E-state index contributed by atoms with van der Waals surface area (Å²) in [6, 6.07) is 5.34. The fourth-order valence-corrected chi connectivity index (χ4v) is 2.22. The van der Waals surface area contributed by atoms with E-state index in [1.54, 1.807) is 0 Å². The highest BCUT2D eigenvalue weighted by Gasteiger charge is 2.17. The molecular formula is C14H8Cl2F2O3. The SMILES string of the molecule is O=C(O)c1cc(Cl)cc(Cl)c1OCc1cc(F)ccc1F. The molecule has 0 aliphatic carbocycles. The van der Waals surface area contributed by atoms with E-state index in [2.05, 4.69) is 0 Å². The van der Waals surface area contributed by atoms with Gasteiger partial charge in [0.1, 0.15) is 23.8 Å². The van der Waals surface area contributed by atoms with Gasteiger partial charge in [0.15, 0.2) is 5.75 Å². The first kappa shape index (κ1) is 15.5. The van der Waals surface area contributed by atoms with Crippen LogP contribution in [0.25, 0.3) is 0 Å². The second-order valence-electron chi connectivity index (χ2n) is 4.09. The van der Waals surface area contributed by atoms with Gasteiger partial charge in [0.25, 0.3) is 0 Å². The lowest BCUT2D eigenvalue weighted by Gasteiger charge is -2.12. The van der Waals surface area contributed by atoms with Gasteiger partial charge in [-0.3, -0.25) is 0 Å². The Bertz CT molecular complexity index is 705. The maximum Gasteiger partial charge on any atom is 0.339 e. The van der Waals surface area contributed by atoms with Crippen molar-refractivity contribution in [1.82, 2.24) is 0 Å². The topological polar surface area (TPSA) is 46.5 Å². The average molecular weight is 333 g/mol. The summed E-state index contributed by atoms with van der Waals surface area (Å²) in [6.45, 7) is -0.370. The molecule has 0 atom stereocenters. The van der Waals surface area contributed by atoms with Gasteiger partial charge in [-0.2, -0.15) is 0 Å². The van der Waals surface area contributed by atoms with Crippen LogP contribution in [0.15, 0.2) is 30.3 Å². The molecule has 0 radical (unpaired) electrons. The number of benzene rings is 2. The van der Waals surface area contributed by atoms with Crippen molar-refractivity contribution in [1.29, 1.82) is 0 Å². The smallest absolute Gasteiger partial charge is 0.339 e. The largest absolute Gasteiger partial charge is 0.486 e. The van der Waals surface area contributed by atoms with Crippen LogP contribution in [-0.2, 0) is 6.61 Å². The highest BCUT2D eigenvalue weighted by atomic mass is 35.5. The molecule has 110 valence electrons. The first-order valence-electron chi connectivity index (χ1n) is 5.67. The number of halogens is 4. The van der Waals surface area contributed by atoms with Crippen molar-refractivity contribution in [3.63, 3.8) is 0 Å². The van der Waals surface area contributed by atoms with Crippen molar-refractivity contribution in [3.05, 3.63) is 63.1 Å². The van der Waals surface area contributed by atoms with Crippen molar-refractivity contribution in [2.75, 3.05) is 0 Å². The summed E-state index contributed by atoms with van der Waals surface area (Å²) in [5, 5.41) is 9.17. The lowest BCUT2D eigenvalue weighted by Crippen LogP contribution is -2.05. The van der Waals surface area contributed by atoms with E-state index < -0.39 is 17.6 Å². The Hall–Kier alpha value is -1.85. The van der Waals surface area contributed by atoms with E-state index in [1.165, 1.54) is 6.07 Å². The Kier molecular flexibility index (Phi) is 4.65. The third-order valence-corrected chi connectivity index (χ3v) is 3.12. The summed E-state index contributed by atoms with van der Waals surface area (Å²) in [5.41, 5.74) is -0.318. The van der Waals surface area contributed by atoms with Crippen LogP contribution in [0.2, 0.25) is 10.0 Å². The second kappa shape index (κ2) is 6.28. The molecule has 0 bridgehead atoms. The number of carbonyl (C=O) groups is 1. The molecule has 0 fully saturated rings. The quantitative estimate of drug-likeness (QED) is 0.893. The van der Waals surface area contributed by atoms with E-state index in [1.807, 2.05) is 0 Å². The number of carboxylic acid groups (broad SMARTS) is 1. The average Bonchev–Trinajstić information content (AvgIpc) is 2.40. The Morgan fingerprint density at radius 2 is 1.90 bits per heavy atom. The Morgan fingerprint density at radius 1 is 1.19 bits per heavy atom. The van der Waals surface area contributed by atoms with Gasteiger partial charge in [-0.15, -0.1) is 0 Å². The first-order valence-corrected chi connectivity index (χ1v) is 6.43. The summed E-state index contributed by atoms with van der Waals surface area (Å²) in [5.74, 6) is -2.75. The van der Waals surface area contributed by atoms with Crippen LogP contribution in [0.1, 0.15) is 15.9 Å². The first-order chi connectivity index (χ1) is 9.88. The molecule has 1 N–H and O–H groups in total. The fraction of sp³-hybridized carbons (Fsp3) is 0.0714. The summed E-state index contributed by atoms with van der Waals surface area (Å²) in [4.78, 5) is 11.1. The van der Waals surface area contributed by atoms with Crippen LogP contribution in [0.3, 0.4) is 0 Å². The molecule has 0 amide bonds. The van der Waals surface area contributed by atoms with Crippen LogP contribution in [0.5, 0.6) is 5.75 Å². The van der Waals surface area contributed by atoms with Crippen LogP contribution in [-0.4, -0.2) is 11.1 Å². The molecule has 0 aliphatic heterocycles. The molecule has 0 unspecified atom stereocenters. The lowest BCUT2D eigenvalue weighted by atomic mass is 10.2. The van der Waals surface area contributed by atoms with Gasteiger partial charge >= 0.3 is 5.97 Å². The maximum atomic E-state index is 13.5. The number of hydrogen-bond acceptors (Lipinski definition) is 2. The number of carboxylic acids is 1. The number of rotatable bonds is 4. The molecule has 0 saturated carbocycles. The molecule has 0 aromatic heterocycles. The van der Waals surface area contributed by atoms with Gasteiger partial charge in [-0.25, -0.2) is 13.6 Å². The molecule has 2 aromatic carbocycles. The predicted octanol–water partition coefficient (Wildman–Crippen LogP) is 4.55. The van der Waals surface area contributed by atoms with Crippen LogP contribution in [0, 0.1) is 11.6 Å². The normalized spacial score (nSPS) is 10.5. The number of hydrogen-bond donors (Lipinski definition) is 1. The second-order valence-corrected chi connectivity index (χ2v) is 4.94. The summed E-state index contributed by atoms with van der Waals surface area (Å²) < 4.78 is 31.8. The van der Waals surface area contributed by atoms with E-state index in [-0.39, 0.29) is 33.5 Å². The van der Waals surface area contributed by atoms with Crippen LogP contribution < -0.4 is 4.74 Å². The third kappa shape index (κ3) is 3.62. The fourth-order valence-electron chi connectivity index (χ4n) is 1.67. The molecule has 7 heteroatoms. The molecule has 2 aromatic rings. The standard InChI is InChI=1S/C14H8Cl2F2O3/c15-8-4-10(14(19)20)13(11(16)5-8)21-6-7-3-9(17)1-2-12(7)18/h1-5H,6H2,(H,19,20). The Labute approximate surface area is 128 Å². The predicted molar refractivity (Wildman–Crippen MR) is 74.1 cm³/mol. The lowest BCUT2D eigenvalue weighted by molar-refractivity contribution is 0.0691. The van der Waals surface area contributed by atoms with Gasteiger partial charge in [0.2, 0.25) is 0 Å². The molecule has 0 aliphatic rings. The molecule has 0 spiro atoms. The van der Waals surface area contributed by atoms with Crippen molar-refractivity contribution in [2.45, 2.75) is 6.61 Å². The van der Waals surface area contributed by atoms with Crippen molar-refractivity contribution in [2.24, 2.45) is 0 Å². The summed E-state index contributed by atoms with van der Waals surface area (Å²) in [7, 11) is 0. The highest BCUT2D eigenvalue weighted by molar-refractivity contribution is 6.36. The van der Waals surface area contributed by atoms with Crippen LogP contribution >= 0.6 is 23.2 Å². The van der Waals surface area contributed by atoms with E-state index >= 15 is 0 Å². The molecular weight excluding hydrogens is 325 g/mol.